The van der Waals surface area contributed by atoms with Crippen LogP contribution in [0.1, 0.15) is 33.9 Å². The smallest absolute Gasteiger partial charge is 0.269 e. The third kappa shape index (κ3) is 6.44. The number of hydrazone groups is 1. The van der Waals surface area contributed by atoms with E-state index in [-0.39, 0.29) is 37.7 Å². The summed E-state index contributed by atoms with van der Waals surface area (Å²) >= 11 is 0. The lowest BCUT2D eigenvalue weighted by molar-refractivity contribution is -0.385. The quantitative estimate of drug-likeness (QED) is 0.284. The minimum atomic E-state index is -0.655. The van der Waals surface area contributed by atoms with Gasteiger partial charge in [-0.2, -0.15) is 5.10 Å². The van der Waals surface area contributed by atoms with Crippen LogP contribution in [0.25, 0.3) is 0 Å². The fraction of sp³-hybridized carbons (Fsp3) is 0.250. The fourth-order valence-corrected chi connectivity index (χ4v) is 4.27. The van der Waals surface area contributed by atoms with Crippen LogP contribution < -0.4 is 4.74 Å². The predicted molar refractivity (Wildman–Crippen MR) is 141 cm³/mol. The number of halogens is 1. The number of nitro benzene ring substituents is 1. The second kappa shape index (κ2) is 12.3. The Bertz CT molecular complexity index is 1380. The standard InChI is InChI=1S/C28H27FN4O6/c1-38-15-14-31(28(35)20-8-12-24(39-2)13-9-20)18-27(34)32-26(21-4-3-5-23(16-21)33(36)37)17-25(30-32)19-6-10-22(29)11-7-19/h3-13,16,26H,14-15,17-18H2,1-2H3/t26-/m0/s1. The number of non-ortho nitro benzene ring substituents is 1. The van der Waals surface area contributed by atoms with Crippen molar-refractivity contribution in [1.29, 1.82) is 0 Å². The number of hydrogen-bond acceptors (Lipinski definition) is 7. The Balaban J connectivity index is 1.64. The van der Waals surface area contributed by atoms with Crippen molar-refractivity contribution in [1.82, 2.24) is 9.91 Å². The molecule has 1 aliphatic heterocycles. The van der Waals surface area contributed by atoms with Crippen molar-refractivity contribution < 1.29 is 28.4 Å². The van der Waals surface area contributed by atoms with E-state index in [2.05, 4.69) is 5.10 Å². The largest absolute Gasteiger partial charge is 0.497 e. The summed E-state index contributed by atoms with van der Waals surface area (Å²) in [6.45, 7) is 0.0460. The zero-order chi connectivity index (χ0) is 27.9. The van der Waals surface area contributed by atoms with Gasteiger partial charge in [-0.25, -0.2) is 9.40 Å². The van der Waals surface area contributed by atoms with Gasteiger partial charge in [0.1, 0.15) is 18.1 Å². The molecule has 0 N–H and O–H groups in total. The molecule has 11 heteroatoms. The number of carbonyl (C=O) groups excluding carboxylic acids is 2. The lowest BCUT2D eigenvalue weighted by Gasteiger charge is -2.27. The van der Waals surface area contributed by atoms with E-state index in [1.54, 1.807) is 48.5 Å². The maximum absolute atomic E-state index is 13.7. The van der Waals surface area contributed by atoms with Gasteiger partial charge in [0.15, 0.2) is 0 Å². The highest BCUT2D eigenvalue weighted by molar-refractivity contribution is 6.03. The average Bonchev–Trinajstić information content (AvgIpc) is 3.41. The molecular formula is C28H27FN4O6. The summed E-state index contributed by atoms with van der Waals surface area (Å²) in [7, 11) is 3.02. The number of nitro groups is 1. The average molecular weight is 535 g/mol. The normalized spacial score (nSPS) is 14.6. The molecule has 202 valence electrons. The fourth-order valence-electron chi connectivity index (χ4n) is 4.27. The molecule has 0 bridgehead atoms. The zero-order valence-electron chi connectivity index (χ0n) is 21.5. The van der Waals surface area contributed by atoms with Crippen molar-refractivity contribution in [3.05, 3.63) is 105 Å². The Kier molecular flexibility index (Phi) is 8.62. The Morgan fingerprint density at radius 3 is 2.46 bits per heavy atom. The number of benzene rings is 3. The number of amides is 2. The summed E-state index contributed by atoms with van der Waals surface area (Å²) in [6.07, 6.45) is 0.253. The molecule has 0 spiro atoms. The molecular weight excluding hydrogens is 507 g/mol. The molecule has 10 nitrogen and oxygen atoms in total. The van der Waals surface area contributed by atoms with E-state index in [0.29, 0.717) is 28.2 Å². The van der Waals surface area contributed by atoms with E-state index < -0.39 is 22.7 Å². The highest BCUT2D eigenvalue weighted by Crippen LogP contribution is 2.34. The lowest BCUT2D eigenvalue weighted by atomic mass is 9.98. The first-order valence-electron chi connectivity index (χ1n) is 12.1. The molecule has 1 heterocycles. The first-order valence-corrected chi connectivity index (χ1v) is 12.1. The van der Waals surface area contributed by atoms with Gasteiger partial charge in [0, 0.05) is 37.8 Å². The molecule has 0 aliphatic carbocycles. The van der Waals surface area contributed by atoms with E-state index in [1.807, 2.05) is 0 Å². The first kappa shape index (κ1) is 27.4. The molecule has 0 radical (unpaired) electrons. The van der Waals surface area contributed by atoms with Crippen molar-refractivity contribution in [2.24, 2.45) is 5.10 Å². The van der Waals surface area contributed by atoms with Crippen LogP contribution in [0.4, 0.5) is 10.1 Å². The van der Waals surface area contributed by atoms with Crippen LogP contribution in [0.5, 0.6) is 5.75 Å². The predicted octanol–water partition coefficient (Wildman–Crippen LogP) is 4.21. The number of rotatable bonds is 10. The summed E-state index contributed by atoms with van der Waals surface area (Å²) in [6, 6.07) is 17.6. The van der Waals surface area contributed by atoms with Crippen LogP contribution in [0, 0.1) is 15.9 Å². The topological polar surface area (TPSA) is 115 Å². The van der Waals surface area contributed by atoms with Gasteiger partial charge < -0.3 is 14.4 Å². The van der Waals surface area contributed by atoms with Gasteiger partial charge >= 0.3 is 0 Å². The van der Waals surface area contributed by atoms with E-state index in [9.17, 15) is 24.1 Å². The molecule has 0 saturated carbocycles. The summed E-state index contributed by atoms with van der Waals surface area (Å²) in [5, 5.41) is 17.2. The number of hydrogen-bond donors (Lipinski definition) is 0. The van der Waals surface area contributed by atoms with E-state index in [4.69, 9.17) is 9.47 Å². The van der Waals surface area contributed by atoms with Crippen LogP contribution in [-0.2, 0) is 9.53 Å². The van der Waals surface area contributed by atoms with Crippen LogP contribution in [0.3, 0.4) is 0 Å². The number of methoxy groups -OCH3 is 2. The van der Waals surface area contributed by atoms with Crippen LogP contribution in [0.15, 0.2) is 77.9 Å². The van der Waals surface area contributed by atoms with E-state index >= 15 is 0 Å². The SMILES string of the molecule is COCCN(CC(=O)N1N=C(c2ccc(F)cc2)C[C@H]1c1cccc([N+](=O)[O-])c1)C(=O)c1ccc(OC)cc1. The molecule has 0 aromatic heterocycles. The van der Waals surface area contributed by atoms with Crippen molar-refractivity contribution in [3.8, 4) is 5.75 Å². The van der Waals surface area contributed by atoms with Crippen LogP contribution in [-0.4, -0.2) is 66.3 Å². The first-order chi connectivity index (χ1) is 18.8. The van der Waals surface area contributed by atoms with Crippen molar-refractivity contribution in [2.45, 2.75) is 12.5 Å². The van der Waals surface area contributed by atoms with Crippen molar-refractivity contribution in [2.75, 3.05) is 33.9 Å². The van der Waals surface area contributed by atoms with Gasteiger partial charge in [-0.05, 0) is 47.5 Å². The highest BCUT2D eigenvalue weighted by atomic mass is 19.1. The third-order valence-electron chi connectivity index (χ3n) is 6.32. The van der Waals surface area contributed by atoms with Gasteiger partial charge in [-0.3, -0.25) is 19.7 Å². The minimum absolute atomic E-state index is 0.119. The molecule has 0 unspecified atom stereocenters. The summed E-state index contributed by atoms with van der Waals surface area (Å²) < 4.78 is 23.8. The molecule has 2 amide bonds. The molecule has 1 atom stereocenters. The number of carbonyl (C=O) groups is 2. The monoisotopic (exact) mass is 534 g/mol. The Labute approximate surface area is 224 Å². The molecule has 0 fully saturated rings. The van der Waals surface area contributed by atoms with Crippen molar-refractivity contribution in [3.63, 3.8) is 0 Å². The van der Waals surface area contributed by atoms with Crippen LogP contribution >= 0.6 is 0 Å². The molecule has 1 aliphatic rings. The maximum atomic E-state index is 13.7. The van der Waals surface area contributed by atoms with Crippen LogP contribution in [0.2, 0.25) is 0 Å². The number of nitrogens with zero attached hydrogens (tertiary/aromatic N) is 4. The van der Waals surface area contributed by atoms with Gasteiger partial charge in [0.2, 0.25) is 0 Å². The van der Waals surface area contributed by atoms with E-state index in [1.165, 1.54) is 48.4 Å². The molecule has 39 heavy (non-hydrogen) atoms. The molecule has 3 aromatic carbocycles. The van der Waals surface area contributed by atoms with Gasteiger partial charge in [0.25, 0.3) is 17.5 Å². The third-order valence-corrected chi connectivity index (χ3v) is 6.32. The Hall–Kier alpha value is -4.64. The van der Waals surface area contributed by atoms with E-state index in [0.717, 1.165) is 0 Å². The Morgan fingerprint density at radius 1 is 1.10 bits per heavy atom. The van der Waals surface area contributed by atoms with Gasteiger partial charge in [0.05, 0.1) is 30.4 Å². The lowest BCUT2D eigenvalue weighted by Crippen LogP contribution is -2.42. The van der Waals surface area contributed by atoms with Gasteiger partial charge in [-0.1, -0.05) is 24.3 Å². The summed E-state index contributed by atoms with van der Waals surface area (Å²) in [5.41, 5.74) is 1.90. The second-order valence-electron chi connectivity index (χ2n) is 8.81. The minimum Gasteiger partial charge on any atom is -0.497 e. The second-order valence-corrected chi connectivity index (χ2v) is 8.81. The van der Waals surface area contributed by atoms with Gasteiger partial charge in [-0.15, -0.1) is 0 Å². The molecule has 0 saturated heterocycles. The highest BCUT2D eigenvalue weighted by Gasteiger charge is 2.35. The summed E-state index contributed by atoms with van der Waals surface area (Å²) in [5.74, 6) is -0.685. The Morgan fingerprint density at radius 2 is 1.82 bits per heavy atom. The zero-order valence-corrected chi connectivity index (χ0v) is 21.5. The van der Waals surface area contributed by atoms with Crippen molar-refractivity contribution >= 4 is 23.2 Å². The summed E-state index contributed by atoms with van der Waals surface area (Å²) in [4.78, 5) is 39.2. The molecule has 4 rings (SSSR count). The number of ether oxygens (including phenoxy) is 2. The molecule has 3 aromatic rings. The maximum Gasteiger partial charge on any atom is 0.269 e.